The largest absolute Gasteiger partial charge is 0.313 e. The molecule has 1 aliphatic carbocycles. The molecule has 0 saturated heterocycles. The first-order valence-electron chi connectivity index (χ1n) is 17.3. The molecule has 230 valence electrons. The van der Waals surface area contributed by atoms with E-state index < -0.39 is 0 Å². The highest BCUT2D eigenvalue weighted by Gasteiger charge is 2.51. The van der Waals surface area contributed by atoms with Crippen molar-refractivity contribution in [3.05, 3.63) is 148 Å². The van der Waals surface area contributed by atoms with Gasteiger partial charge in [0.2, 0.25) is 0 Å². The quantitative estimate of drug-likeness (QED) is 0.190. The van der Waals surface area contributed by atoms with Crippen LogP contribution >= 0.6 is 0 Å². The van der Waals surface area contributed by atoms with Crippen LogP contribution in [0, 0.1) is 0 Å². The van der Waals surface area contributed by atoms with Crippen LogP contribution < -0.4 is 4.90 Å². The first-order chi connectivity index (χ1) is 22.6. The van der Waals surface area contributed by atoms with Gasteiger partial charge in [0.05, 0.1) is 22.6 Å². The van der Waals surface area contributed by atoms with Gasteiger partial charge in [0.15, 0.2) is 0 Å². The van der Waals surface area contributed by atoms with Gasteiger partial charge in [-0.2, -0.15) is 0 Å². The van der Waals surface area contributed by atoms with E-state index in [2.05, 4.69) is 160 Å². The molecule has 0 spiro atoms. The van der Waals surface area contributed by atoms with Crippen molar-refractivity contribution < 1.29 is 0 Å². The van der Waals surface area contributed by atoms with E-state index >= 15 is 0 Å². The summed E-state index contributed by atoms with van der Waals surface area (Å²) >= 11 is 0. The van der Waals surface area contributed by atoms with Crippen LogP contribution in [0.4, 0.5) is 17.1 Å². The lowest BCUT2D eigenvalue weighted by atomic mass is 9.60. The number of hydrogen-bond donors (Lipinski definition) is 0. The van der Waals surface area contributed by atoms with Gasteiger partial charge in [-0.25, -0.2) is 0 Å². The predicted octanol–water partition coefficient (Wildman–Crippen LogP) is 11.6. The summed E-state index contributed by atoms with van der Waals surface area (Å²) in [5, 5.41) is 1.34. The first kappa shape index (κ1) is 27.3. The molecule has 5 aromatic carbocycles. The Morgan fingerprint density at radius 1 is 0.532 bits per heavy atom. The number of allylic oxidation sites excluding steroid dienone is 1. The summed E-state index contributed by atoms with van der Waals surface area (Å²) in [4.78, 5) is 2.66. The molecule has 0 bridgehead atoms. The molecule has 0 amide bonds. The molecule has 0 N–H and O–H groups in total. The highest BCUT2D eigenvalue weighted by Crippen LogP contribution is 2.66. The van der Waals surface area contributed by atoms with Gasteiger partial charge in [-0.3, -0.25) is 0 Å². The van der Waals surface area contributed by atoms with E-state index in [1.165, 1.54) is 89.4 Å². The smallest absolute Gasteiger partial charge is 0.0544 e. The van der Waals surface area contributed by atoms with Gasteiger partial charge >= 0.3 is 0 Å². The molecule has 4 heterocycles. The average Bonchev–Trinajstić information content (AvgIpc) is 3.41. The van der Waals surface area contributed by atoms with E-state index in [0.29, 0.717) is 0 Å². The summed E-state index contributed by atoms with van der Waals surface area (Å²) in [7, 11) is 0. The van der Waals surface area contributed by atoms with Crippen LogP contribution in [-0.4, -0.2) is 4.57 Å². The first-order valence-corrected chi connectivity index (χ1v) is 17.3. The van der Waals surface area contributed by atoms with Crippen molar-refractivity contribution >= 4 is 34.0 Å². The highest BCUT2D eigenvalue weighted by atomic mass is 15.2. The zero-order valence-corrected chi connectivity index (χ0v) is 28.2. The summed E-state index contributed by atoms with van der Waals surface area (Å²) in [6.45, 7) is 14.6. The van der Waals surface area contributed by atoms with Crippen molar-refractivity contribution in [2.75, 3.05) is 4.90 Å². The summed E-state index contributed by atoms with van der Waals surface area (Å²) in [5.74, 6) is 0. The van der Waals surface area contributed by atoms with Crippen molar-refractivity contribution in [1.82, 2.24) is 4.57 Å². The van der Waals surface area contributed by atoms with E-state index in [4.69, 9.17) is 0 Å². The third-order valence-corrected chi connectivity index (χ3v) is 12.2. The van der Waals surface area contributed by atoms with Crippen LogP contribution in [0.25, 0.3) is 33.8 Å². The van der Waals surface area contributed by atoms with Crippen LogP contribution in [0.5, 0.6) is 0 Å². The molecular formula is C45H40N2. The van der Waals surface area contributed by atoms with Crippen molar-refractivity contribution in [1.29, 1.82) is 0 Å². The molecule has 10 rings (SSSR count). The lowest BCUT2D eigenvalue weighted by Gasteiger charge is -2.55. The number of nitrogens with zero attached hydrogens (tertiary/aromatic N) is 2. The van der Waals surface area contributed by atoms with Gasteiger partial charge in [0.1, 0.15) is 0 Å². The van der Waals surface area contributed by atoms with Gasteiger partial charge in [-0.1, -0.05) is 114 Å². The second kappa shape index (κ2) is 8.75. The minimum absolute atomic E-state index is 0.0759. The van der Waals surface area contributed by atoms with Crippen molar-refractivity contribution in [3.8, 4) is 16.8 Å². The topological polar surface area (TPSA) is 8.17 Å². The van der Waals surface area contributed by atoms with Gasteiger partial charge in [0, 0.05) is 38.6 Å². The molecular weight excluding hydrogens is 569 g/mol. The second-order valence-electron chi connectivity index (χ2n) is 15.7. The lowest BCUT2D eigenvalue weighted by Crippen LogP contribution is -2.43. The fourth-order valence-corrected chi connectivity index (χ4v) is 9.63. The Kier molecular flexibility index (Phi) is 5.08. The maximum atomic E-state index is 2.66. The molecule has 1 aromatic heterocycles. The number of benzene rings is 5. The summed E-state index contributed by atoms with van der Waals surface area (Å²) in [6, 6.07) is 37.2. The zero-order chi connectivity index (χ0) is 32.0. The lowest BCUT2D eigenvalue weighted by molar-refractivity contribution is 0.567. The number of fused-ring (bicyclic) bond motifs is 3. The Labute approximate surface area is 278 Å². The maximum Gasteiger partial charge on any atom is 0.0544 e. The minimum atomic E-state index is -0.152. The fraction of sp³-hybridized carbons (Fsp3) is 0.244. The Balaban J connectivity index is 1.26. The van der Waals surface area contributed by atoms with E-state index in [1.807, 2.05) is 0 Å². The highest BCUT2D eigenvalue weighted by molar-refractivity contribution is 6.00. The van der Waals surface area contributed by atoms with Crippen molar-refractivity contribution in [2.24, 2.45) is 0 Å². The van der Waals surface area contributed by atoms with Crippen LogP contribution in [0.2, 0.25) is 0 Å². The number of aromatic nitrogens is 1. The molecule has 0 unspecified atom stereocenters. The van der Waals surface area contributed by atoms with Crippen LogP contribution in [-0.2, 0) is 22.7 Å². The Morgan fingerprint density at radius 3 is 1.68 bits per heavy atom. The van der Waals surface area contributed by atoms with Crippen LogP contribution in [0.15, 0.2) is 103 Å². The summed E-state index contributed by atoms with van der Waals surface area (Å²) in [6.07, 6.45) is 6.84. The van der Waals surface area contributed by atoms with E-state index in [1.54, 1.807) is 0 Å². The summed E-state index contributed by atoms with van der Waals surface area (Å²) in [5.41, 5.74) is 20.3. The molecule has 2 nitrogen and oxygen atoms in total. The van der Waals surface area contributed by atoms with Gasteiger partial charge in [-0.15, -0.1) is 0 Å². The third kappa shape index (κ3) is 3.26. The molecule has 0 saturated carbocycles. The number of para-hydroxylation sites is 3. The predicted molar refractivity (Wildman–Crippen MR) is 197 cm³/mol. The van der Waals surface area contributed by atoms with E-state index in [-0.39, 0.29) is 16.2 Å². The second-order valence-corrected chi connectivity index (χ2v) is 15.7. The van der Waals surface area contributed by atoms with Gasteiger partial charge in [-0.05, 0) is 93.7 Å². The Hall–Kier alpha value is -4.82. The van der Waals surface area contributed by atoms with Crippen molar-refractivity contribution in [3.63, 3.8) is 0 Å². The number of rotatable bonds is 2. The standard InChI is InChI=1S/C45H40N2/c1-43(2)32-17-12-19-34-40(32)47-41-33(43)18-13-20-35(41)45(5,6)37-26-28(25-36(42(37)47)44(34,3)4)27-22-23-39-31(24-27)30-16-10-11-21-38(30)46(39)29-14-8-7-9-15-29/h7-10,12-20,22-26H,11,21H2,1-6H3. The normalized spacial score (nSPS) is 18.2. The fourth-order valence-electron chi connectivity index (χ4n) is 9.63. The molecule has 3 aliphatic heterocycles. The van der Waals surface area contributed by atoms with E-state index in [9.17, 15) is 0 Å². The third-order valence-electron chi connectivity index (χ3n) is 12.2. The molecule has 4 aliphatic rings. The minimum Gasteiger partial charge on any atom is -0.313 e. The molecule has 2 heteroatoms. The van der Waals surface area contributed by atoms with Gasteiger partial charge < -0.3 is 9.47 Å². The summed E-state index contributed by atoms with van der Waals surface area (Å²) < 4.78 is 2.49. The molecule has 6 aromatic rings. The molecule has 0 fully saturated rings. The maximum absolute atomic E-state index is 2.66. The Morgan fingerprint density at radius 2 is 1.09 bits per heavy atom. The monoisotopic (exact) mass is 608 g/mol. The van der Waals surface area contributed by atoms with Crippen molar-refractivity contribution in [2.45, 2.75) is 70.6 Å². The zero-order valence-electron chi connectivity index (χ0n) is 28.2. The molecule has 0 radical (unpaired) electrons. The Bertz CT molecular complexity index is 2290. The SMILES string of the molecule is CC1(C)c2cccc3c2N2c4c1cccc4C(C)(C)c1cc(-c4ccc5c(c4)c4c(n5-c5ccccc5)CCC=C4)cc(c12)C3(C)C. The number of hydrogen-bond acceptors (Lipinski definition) is 1. The molecule has 0 atom stereocenters. The van der Waals surface area contributed by atoms with Gasteiger partial charge in [0.25, 0.3) is 0 Å². The molecule has 47 heavy (non-hydrogen) atoms. The number of anilines is 3. The average molecular weight is 609 g/mol. The van der Waals surface area contributed by atoms with Crippen LogP contribution in [0.3, 0.4) is 0 Å². The van der Waals surface area contributed by atoms with Crippen LogP contribution in [0.1, 0.15) is 92.6 Å². The van der Waals surface area contributed by atoms with E-state index in [0.717, 1.165) is 12.8 Å².